The predicted octanol–water partition coefficient (Wildman–Crippen LogP) is 4.83. The molecule has 3 aromatic heterocycles. The first-order valence-electron chi connectivity index (χ1n) is 12.4. The summed E-state index contributed by atoms with van der Waals surface area (Å²) < 4.78 is 3.14. The number of nitriles is 1. The van der Waals surface area contributed by atoms with Gasteiger partial charge in [-0.25, -0.2) is 0 Å². The molecule has 2 amide bonds. The number of imide groups is 1. The van der Waals surface area contributed by atoms with Crippen LogP contribution in [0.15, 0.2) is 42.7 Å². The lowest BCUT2D eigenvalue weighted by Gasteiger charge is -2.36. The molecule has 4 aromatic rings. The lowest BCUT2D eigenvalue weighted by molar-refractivity contribution is -0.143. The molecule has 3 aliphatic rings. The fraction of sp³-hybridized carbons (Fsp3) is 0.357. The van der Waals surface area contributed by atoms with Gasteiger partial charge in [-0.2, -0.15) is 5.26 Å². The number of likely N-dealkylation sites (tertiary alicyclic amines) is 1. The van der Waals surface area contributed by atoms with E-state index in [0.29, 0.717) is 24.7 Å². The second kappa shape index (κ2) is 7.64. The Balaban J connectivity index is 1.29. The zero-order valence-electron chi connectivity index (χ0n) is 20.4. The van der Waals surface area contributed by atoms with Gasteiger partial charge >= 0.3 is 0 Å². The third kappa shape index (κ3) is 3.24. The molecule has 186 valence electrons. The first-order valence-corrected chi connectivity index (χ1v) is 13.6. The van der Waals surface area contributed by atoms with Crippen molar-refractivity contribution in [3.63, 3.8) is 0 Å². The van der Waals surface area contributed by atoms with Crippen LogP contribution >= 0.6 is 22.9 Å². The predicted molar refractivity (Wildman–Crippen MR) is 143 cm³/mol. The van der Waals surface area contributed by atoms with Crippen LogP contribution in [0.4, 0.5) is 0 Å². The van der Waals surface area contributed by atoms with Crippen molar-refractivity contribution in [2.75, 3.05) is 13.1 Å². The van der Waals surface area contributed by atoms with E-state index >= 15 is 0 Å². The molecule has 0 spiro atoms. The smallest absolute Gasteiger partial charge is 0.234 e. The number of hydrogen-bond donors (Lipinski definition) is 1. The molecule has 0 bridgehead atoms. The van der Waals surface area contributed by atoms with Gasteiger partial charge in [0, 0.05) is 58.4 Å². The maximum absolute atomic E-state index is 12.9. The fourth-order valence-corrected chi connectivity index (χ4v) is 7.58. The standard InChI is InChI=1S/C28H24ClN5O2S/c1-27(2)21-22(27)26(36)34(25(21)35)10-17-9-20-24(37-17)18(3-5-32-20)19-8-16(29)7-15-4-6-33(23(15)19)14-28(11-30)12-31-13-28/h3-9,21-22,31H,10,12-14H2,1-2H3. The Morgan fingerprint density at radius 1 is 1.16 bits per heavy atom. The van der Waals surface area contributed by atoms with Crippen molar-refractivity contribution in [3.8, 4) is 17.2 Å². The number of aromatic nitrogens is 2. The number of rotatable bonds is 5. The quantitative estimate of drug-likeness (QED) is 0.374. The van der Waals surface area contributed by atoms with Crippen LogP contribution in [-0.4, -0.2) is 39.4 Å². The number of benzene rings is 1. The number of piperidine rings is 1. The lowest BCUT2D eigenvalue weighted by Crippen LogP contribution is -2.54. The number of hydrogen-bond acceptors (Lipinski definition) is 6. The Bertz CT molecular complexity index is 1670. The van der Waals surface area contributed by atoms with Gasteiger partial charge in [-0.1, -0.05) is 25.4 Å². The van der Waals surface area contributed by atoms with Crippen LogP contribution in [0.1, 0.15) is 18.7 Å². The summed E-state index contributed by atoms with van der Waals surface area (Å²) in [5.41, 5.74) is 3.19. The van der Waals surface area contributed by atoms with Crippen molar-refractivity contribution < 1.29 is 9.59 Å². The number of carbonyl (C=O) groups excluding carboxylic acids is 2. The van der Waals surface area contributed by atoms with E-state index in [1.807, 2.05) is 50.4 Å². The molecule has 2 unspecified atom stereocenters. The Morgan fingerprint density at radius 2 is 1.92 bits per heavy atom. The summed E-state index contributed by atoms with van der Waals surface area (Å²) in [5.74, 6) is -0.481. The molecular weight excluding hydrogens is 506 g/mol. The van der Waals surface area contributed by atoms with E-state index < -0.39 is 5.41 Å². The third-order valence-electron chi connectivity index (χ3n) is 8.42. The summed E-state index contributed by atoms with van der Waals surface area (Å²) in [4.78, 5) is 32.7. The first-order chi connectivity index (χ1) is 17.7. The zero-order valence-corrected chi connectivity index (χ0v) is 22.0. The summed E-state index contributed by atoms with van der Waals surface area (Å²) in [6.45, 7) is 6.20. The summed E-state index contributed by atoms with van der Waals surface area (Å²) in [5, 5.41) is 14.7. The van der Waals surface area contributed by atoms with Gasteiger partial charge in [0.1, 0.15) is 0 Å². The van der Waals surface area contributed by atoms with Crippen molar-refractivity contribution in [3.05, 3.63) is 52.6 Å². The zero-order chi connectivity index (χ0) is 25.7. The largest absolute Gasteiger partial charge is 0.345 e. The number of thiophene rings is 1. The van der Waals surface area contributed by atoms with Gasteiger partial charge in [-0.3, -0.25) is 19.5 Å². The van der Waals surface area contributed by atoms with Crippen molar-refractivity contribution in [1.29, 1.82) is 5.26 Å². The van der Waals surface area contributed by atoms with Gasteiger partial charge in [0.2, 0.25) is 11.8 Å². The van der Waals surface area contributed by atoms with Crippen LogP contribution in [0.5, 0.6) is 0 Å². The summed E-state index contributed by atoms with van der Waals surface area (Å²) in [6, 6.07) is 12.4. The number of nitrogens with zero attached hydrogens (tertiary/aromatic N) is 4. The van der Waals surface area contributed by atoms with Crippen molar-refractivity contribution in [2.45, 2.75) is 26.9 Å². The fourth-order valence-electron chi connectivity index (χ4n) is 6.22. The Morgan fingerprint density at radius 3 is 2.59 bits per heavy atom. The van der Waals surface area contributed by atoms with Gasteiger partial charge in [0.25, 0.3) is 0 Å². The Labute approximate surface area is 222 Å². The minimum absolute atomic E-state index is 0.0584. The van der Waals surface area contributed by atoms with Gasteiger partial charge in [-0.15, -0.1) is 11.3 Å². The van der Waals surface area contributed by atoms with Crippen LogP contribution < -0.4 is 5.32 Å². The van der Waals surface area contributed by atoms with E-state index in [9.17, 15) is 14.9 Å². The van der Waals surface area contributed by atoms with E-state index in [1.165, 1.54) is 4.90 Å². The third-order valence-corrected chi connectivity index (χ3v) is 9.78. The minimum Gasteiger partial charge on any atom is -0.345 e. The van der Waals surface area contributed by atoms with E-state index in [2.05, 4.69) is 20.9 Å². The highest BCUT2D eigenvalue weighted by atomic mass is 35.5. The molecule has 1 aliphatic carbocycles. The summed E-state index contributed by atoms with van der Waals surface area (Å²) in [7, 11) is 0. The van der Waals surface area contributed by atoms with Crippen LogP contribution in [0.25, 0.3) is 32.2 Å². The number of fused-ring (bicyclic) bond motifs is 3. The van der Waals surface area contributed by atoms with E-state index in [0.717, 1.165) is 37.1 Å². The second-order valence-electron chi connectivity index (χ2n) is 11.2. The maximum atomic E-state index is 12.9. The van der Waals surface area contributed by atoms with Crippen molar-refractivity contribution in [2.24, 2.45) is 22.7 Å². The number of pyridine rings is 1. The molecule has 7 rings (SSSR count). The number of carbonyl (C=O) groups is 2. The molecule has 2 aliphatic heterocycles. The first kappa shape index (κ1) is 22.9. The molecule has 5 heterocycles. The van der Waals surface area contributed by atoms with Crippen molar-refractivity contribution in [1.82, 2.24) is 19.8 Å². The Kier molecular flexibility index (Phi) is 4.73. The van der Waals surface area contributed by atoms with Crippen LogP contribution in [-0.2, 0) is 22.7 Å². The maximum Gasteiger partial charge on any atom is 0.234 e. The molecule has 3 fully saturated rings. The Hall–Kier alpha value is -3.25. The molecule has 1 aromatic carbocycles. The number of halogens is 1. The minimum atomic E-state index is -0.420. The second-order valence-corrected chi connectivity index (χ2v) is 12.7. The number of nitrogens with one attached hydrogen (secondary N) is 1. The van der Waals surface area contributed by atoms with E-state index in [4.69, 9.17) is 11.6 Å². The molecule has 9 heteroatoms. The van der Waals surface area contributed by atoms with Gasteiger partial charge in [0.05, 0.1) is 45.6 Å². The van der Waals surface area contributed by atoms with Crippen LogP contribution in [0.3, 0.4) is 0 Å². The van der Waals surface area contributed by atoms with Crippen LogP contribution in [0.2, 0.25) is 5.02 Å². The van der Waals surface area contributed by atoms with Gasteiger partial charge < -0.3 is 9.88 Å². The summed E-state index contributed by atoms with van der Waals surface area (Å²) >= 11 is 8.12. The SMILES string of the molecule is CC1(C)C2C(=O)N(Cc3cc4nccc(-c5cc(Cl)cc6ccn(CC7(C#N)CNC7)c56)c4s3)C(=O)C21. The number of amides is 2. The highest BCUT2D eigenvalue weighted by Crippen LogP contribution is 2.63. The van der Waals surface area contributed by atoms with E-state index in [-0.39, 0.29) is 35.6 Å². The topological polar surface area (TPSA) is 91.0 Å². The molecule has 1 N–H and O–H groups in total. The van der Waals surface area contributed by atoms with Gasteiger partial charge in [-0.05, 0) is 35.7 Å². The highest BCUT2D eigenvalue weighted by Gasteiger charge is 2.72. The van der Waals surface area contributed by atoms with Crippen molar-refractivity contribution >= 4 is 55.9 Å². The van der Waals surface area contributed by atoms with Gasteiger partial charge in [0.15, 0.2) is 0 Å². The molecule has 1 saturated carbocycles. The molecule has 2 saturated heterocycles. The molecule has 2 atom stereocenters. The summed E-state index contributed by atoms with van der Waals surface area (Å²) in [6.07, 6.45) is 3.81. The normalized spacial score (nSPS) is 23.4. The van der Waals surface area contributed by atoms with E-state index in [1.54, 1.807) is 17.5 Å². The lowest BCUT2D eigenvalue weighted by atomic mass is 9.83. The average Bonchev–Trinajstić information content (AvgIpc) is 3.20. The molecule has 37 heavy (non-hydrogen) atoms. The average molecular weight is 530 g/mol. The molecule has 7 nitrogen and oxygen atoms in total. The highest BCUT2D eigenvalue weighted by molar-refractivity contribution is 7.19. The molecular formula is C28H24ClN5O2S. The van der Waals surface area contributed by atoms with Crippen LogP contribution in [0, 0.1) is 34.0 Å². The molecule has 0 radical (unpaired) electrons. The monoisotopic (exact) mass is 529 g/mol.